The van der Waals surface area contributed by atoms with Crippen molar-refractivity contribution >= 4 is 11.8 Å². The number of aliphatic hydroxyl groups is 1. The Morgan fingerprint density at radius 1 is 1.37 bits per heavy atom. The van der Waals surface area contributed by atoms with Crippen LogP contribution in [0.2, 0.25) is 0 Å². The second kappa shape index (κ2) is 8.21. The van der Waals surface area contributed by atoms with Crippen LogP contribution >= 0.6 is 11.8 Å². The molecule has 0 aliphatic heterocycles. The first-order chi connectivity index (χ1) is 9.12. The molecule has 0 radical (unpaired) electrons. The molecule has 0 saturated carbocycles. The molecule has 1 aromatic rings. The van der Waals surface area contributed by atoms with Crippen LogP contribution in [-0.2, 0) is 0 Å². The molecule has 0 saturated heterocycles. The van der Waals surface area contributed by atoms with Gasteiger partial charge in [0.2, 0.25) is 0 Å². The lowest BCUT2D eigenvalue weighted by molar-refractivity contribution is 0.196. The van der Waals surface area contributed by atoms with E-state index in [2.05, 4.69) is 24.8 Å². The summed E-state index contributed by atoms with van der Waals surface area (Å²) in [4.78, 5) is 3.38. The number of nitrogens with zero attached hydrogens (tertiary/aromatic N) is 2. The second-order valence-electron chi connectivity index (χ2n) is 4.42. The van der Waals surface area contributed by atoms with Crippen molar-refractivity contribution in [3.05, 3.63) is 29.3 Å². The smallest absolute Gasteiger partial charge is 0.0992 e. The van der Waals surface area contributed by atoms with Gasteiger partial charge in [-0.15, -0.1) is 11.8 Å². The summed E-state index contributed by atoms with van der Waals surface area (Å²) in [6, 6.07) is 7.63. The van der Waals surface area contributed by atoms with Gasteiger partial charge in [-0.25, -0.2) is 0 Å². The summed E-state index contributed by atoms with van der Waals surface area (Å²) in [5.74, 6) is 0.969. The van der Waals surface area contributed by atoms with E-state index in [-0.39, 0.29) is 0 Å². The molecule has 0 fully saturated rings. The highest BCUT2D eigenvalue weighted by Crippen LogP contribution is 2.28. The number of hydrogen-bond donors (Lipinski definition) is 1. The summed E-state index contributed by atoms with van der Waals surface area (Å²) in [6.45, 7) is 9.21. The molecule has 1 aromatic carbocycles. The Morgan fingerprint density at radius 3 is 2.58 bits per heavy atom. The minimum atomic E-state index is -0.497. The first-order valence-electron chi connectivity index (χ1n) is 6.69. The molecule has 1 rings (SSSR count). The summed E-state index contributed by atoms with van der Waals surface area (Å²) in [6.07, 6.45) is -0.497. The van der Waals surface area contributed by atoms with Crippen molar-refractivity contribution in [2.45, 2.75) is 31.8 Å². The van der Waals surface area contributed by atoms with E-state index >= 15 is 0 Å². The van der Waals surface area contributed by atoms with E-state index in [0.717, 1.165) is 35.8 Å². The van der Waals surface area contributed by atoms with Crippen LogP contribution in [0.3, 0.4) is 0 Å². The molecule has 1 N–H and O–H groups in total. The van der Waals surface area contributed by atoms with Crippen molar-refractivity contribution in [3.8, 4) is 6.07 Å². The summed E-state index contributed by atoms with van der Waals surface area (Å²) < 4.78 is 0. The van der Waals surface area contributed by atoms with Crippen LogP contribution in [0.1, 0.15) is 38.0 Å². The number of hydrogen-bond acceptors (Lipinski definition) is 4. The first kappa shape index (κ1) is 16.0. The predicted octanol–water partition coefficient (Wildman–Crippen LogP) is 3.05. The molecular weight excluding hydrogens is 256 g/mol. The Hall–Kier alpha value is -1.02. The summed E-state index contributed by atoms with van der Waals surface area (Å²) in [5.41, 5.74) is 1.55. The van der Waals surface area contributed by atoms with Crippen LogP contribution in [0.5, 0.6) is 0 Å². The highest BCUT2D eigenvalue weighted by Gasteiger charge is 2.10. The fourth-order valence-electron chi connectivity index (χ4n) is 1.90. The van der Waals surface area contributed by atoms with Gasteiger partial charge in [-0.05, 0) is 37.7 Å². The molecule has 0 spiro atoms. The van der Waals surface area contributed by atoms with E-state index in [9.17, 15) is 5.11 Å². The predicted molar refractivity (Wildman–Crippen MR) is 80.3 cm³/mol. The average Bonchev–Trinajstić information content (AvgIpc) is 2.43. The third kappa shape index (κ3) is 4.87. The SMILES string of the molecule is CCN(CC)CCSc1cc(C#N)ccc1C(C)O. The molecule has 4 heteroatoms. The minimum absolute atomic E-state index is 0.497. The van der Waals surface area contributed by atoms with Crippen molar-refractivity contribution in [1.82, 2.24) is 4.90 Å². The van der Waals surface area contributed by atoms with Gasteiger partial charge in [-0.3, -0.25) is 0 Å². The molecule has 104 valence electrons. The fourth-order valence-corrected chi connectivity index (χ4v) is 3.08. The Balaban J connectivity index is 2.73. The van der Waals surface area contributed by atoms with Crippen LogP contribution in [0.15, 0.2) is 23.1 Å². The zero-order valence-corrected chi connectivity index (χ0v) is 12.7. The maximum atomic E-state index is 9.76. The minimum Gasteiger partial charge on any atom is -0.389 e. The van der Waals surface area contributed by atoms with Crippen LogP contribution in [0, 0.1) is 11.3 Å². The number of rotatable bonds is 7. The van der Waals surface area contributed by atoms with Gasteiger partial charge in [0.05, 0.1) is 17.7 Å². The van der Waals surface area contributed by atoms with Crippen molar-refractivity contribution in [2.75, 3.05) is 25.4 Å². The second-order valence-corrected chi connectivity index (χ2v) is 5.55. The summed E-state index contributed by atoms with van der Waals surface area (Å²) in [5, 5.41) is 18.7. The Labute approximate surface area is 120 Å². The van der Waals surface area contributed by atoms with Gasteiger partial charge in [-0.2, -0.15) is 5.26 Å². The van der Waals surface area contributed by atoms with Gasteiger partial charge in [-0.1, -0.05) is 19.9 Å². The van der Waals surface area contributed by atoms with Crippen LogP contribution in [0.25, 0.3) is 0 Å². The number of thioether (sulfide) groups is 1. The molecule has 0 aliphatic rings. The normalized spacial score (nSPS) is 12.4. The molecule has 1 unspecified atom stereocenters. The first-order valence-corrected chi connectivity index (χ1v) is 7.68. The molecule has 1 atom stereocenters. The van der Waals surface area contributed by atoms with Crippen LogP contribution in [-0.4, -0.2) is 35.4 Å². The third-order valence-electron chi connectivity index (χ3n) is 3.15. The molecule has 0 amide bonds. The monoisotopic (exact) mass is 278 g/mol. The van der Waals surface area contributed by atoms with Gasteiger partial charge in [0.25, 0.3) is 0 Å². The fraction of sp³-hybridized carbons (Fsp3) is 0.533. The summed E-state index contributed by atoms with van der Waals surface area (Å²) >= 11 is 1.71. The number of aliphatic hydroxyl groups excluding tert-OH is 1. The topological polar surface area (TPSA) is 47.3 Å². The van der Waals surface area contributed by atoms with Crippen LogP contribution < -0.4 is 0 Å². The quantitative estimate of drug-likeness (QED) is 0.779. The van der Waals surface area contributed by atoms with E-state index < -0.39 is 6.10 Å². The lowest BCUT2D eigenvalue weighted by atomic mass is 10.1. The van der Waals surface area contributed by atoms with Crippen molar-refractivity contribution < 1.29 is 5.11 Å². The molecule has 19 heavy (non-hydrogen) atoms. The van der Waals surface area contributed by atoms with Gasteiger partial charge in [0.15, 0.2) is 0 Å². The van der Waals surface area contributed by atoms with Gasteiger partial charge in [0, 0.05) is 17.2 Å². The van der Waals surface area contributed by atoms with E-state index in [1.165, 1.54) is 0 Å². The van der Waals surface area contributed by atoms with E-state index in [4.69, 9.17) is 5.26 Å². The highest BCUT2D eigenvalue weighted by molar-refractivity contribution is 7.99. The van der Waals surface area contributed by atoms with Gasteiger partial charge >= 0.3 is 0 Å². The average molecular weight is 278 g/mol. The Morgan fingerprint density at radius 2 is 2.05 bits per heavy atom. The zero-order chi connectivity index (χ0) is 14.3. The number of nitriles is 1. The molecule has 0 bridgehead atoms. The van der Waals surface area contributed by atoms with E-state index in [1.807, 2.05) is 12.1 Å². The lowest BCUT2D eigenvalue weighted by Gasteiger charge is -2.18. The Kier molecular flexibility index (Phi) is 6.93. The van der Waals surface area contributed by atoms with Gasteiger partial charge < -0.3 is 10.0 Å². The highest BCUT2D eigenvalue weighted by atomic mass is 32.2. The largest absolute Gasteiger partial charge is 0.389 e. The standard InChI is InChI=1S/C15H22N2OS/c1-4-17(5-2)8-9-19-15-10-13(11-16)6-7-14(15)12(3)18/h6-7,10,12,18H,4-5,8-9H2,1-3H3. The molecule has 0 aromatic heterocycles. The third-order valence-corrected chi connectivity index (χ3v) is 4.20. The Bertz CT molecular complexity index is 436. The number of benzene rings is 1. The van der Waals surface area contributed by atoms with Crippen molar-refractivity contribution in [1.29, 1.82) is 5.26 Å². The molecular formula is C15H22N2OS. The van der Waals surface area contributed by atoms with E-state index in [0.29, 0.717) is 5.56 Å². The van der Waals surface area contributed by atoms with Gasteiger partial charge in [0.1, 0.15) is 0 Å². The maximum Gasteiger partial charge on any atom is 0.0992 e. The van der Waals surface area contributed by atoms with E-state index in [1.54, 1.807) is 24.8 Å². The molecule has 0 heterocycles. The zero-order valence-electron chi connectivity index (χ0n) is 11.9. The maximum absolute atomic E-state index is 9.76. The lowest BCUT2D eigenvalue weighted by Crippen LogP contribution is -2.25. The molecule has 0 aliphatic carbocycles. The summed E-state index contributed by atoms with van der Waals surface area (Å²) in [7, 11) is 0. The van der Waals surface area contributed by atoms with Crippen molar-refractivity contribution in [2.24, 2.45) is 0 Å². The molecule has 3 nitrogen and oxygen atoms in total. The van der Waals surface area contributed by atoms with Crippen molar-refractivity contribution in [3.63, 3.8) is 0 Å². The van der Waals surface area contributed by atoms with Crippen LogP contribution in [0.4, 0.5) is 0 Å².